The Morgan fingerprint density at radius 3 is 2.58 bits per heavy atom. The van der Waals surface area contributed by atoms with Crippen LogP contribution in [-0.4, -0.2) is 0 Å². The van der Waals surface area contributed by atoms with Crippen LogP contribution >= 0.6 is 27.5 Å². The number of anilines is 1. The van der Waals surface area contributed by atoms with E-state index in [1.807, 2.05) is 25.1 Å². The largest absolute Gasteiger partial charge is 0.378 e. The molecule has 0 aliphatic rings. The maximum Gasteiger partial charge on any atom is 0.126 e. The predicted octanol–water partition coefficient (Wildman–Crippen LogP) is 5.72. The van der Waals surface area contributed by atoms with Gasteiger partial charge in [0.15, 0.2) is 0 Å². The van der Waals surface area contributed by atoms with Gasteiger partial charge in [0.25, 0.3) is 0 Å². The molecule has 0 aliphatic carbocycles. The molecule has 0 saturated heterocycles. The quantitative estimate of drug-likeness (QED) is 0.752. The average Bonchev–Trinajstić information content (AvgIpc) is 2.33. The van der Waals surface area contributed by atoms with Crippen LogP contribution in [0.15, 0.2) is 40.9 Å². The second-order valence-electron chi connectivity index (χ2n) is 4.50. The lowest BCUT2D eigenvalue weighted by Crippen LogP contribution is -2.07. The monoisotopic (exact) mass is 341 g/mol. The van der Waals surface area contributed by atoms with Crippen LogP contribution in [0.4, 0.5) is 10.1 Å². The van der Waals surface area contributed by atoms with Gasteiger partial charge in [-0.25, -0.2) is 4.39 Å². The van der Waals surface area contributed by atoms with Gasteiger partial charge in [-0.05, 0) is 55.3 Å². The van der Waals surface area contributed by atoms with Crippen molar-refractivity contribution in [3.8, 4) is 0 Å². The molecule has 4 heteroatoms. The summed E-state index contributed by atoms with van der Waals surface area (Å²) >= 11 is 9.60. The Morgan fingerprint density at radius 2 is 1.95 bits per heavy atom. The van der Waals surface area contributed by atoms with Gasteiger partial charge in [0.05, 0.1) is 0 Å². The molecule has 1 N–H and O–H groups in total. The Labute approximate surface area is 125 Å². The van der Waals surface area contributed by atoms with Gasteiger partial charge < -0.3 is 5.32 Å². The topological polar surface area (TPSA) is 12.0 Å². The first kappa shape index (κ1) is 14.4. The van der Waals surface area contributed by atoms with Crippen molar-refractivity contribution in [2.75, 3.05) is 5.32 Å². The van der Waals surface area contributed by atoms with Crippen molar-refractivity contribution >= 4 is 33.2 Å². The first-order chi connectivity index (χ1) is 8.97. The molecule has 2 rings (SSSR count). The van der Waals surface area contributed by atoms with Crippen LogP contribution in [0.5, 0.6) is 0 Å². The van der Waals surface area contributed by atoms with Gasteiger partial charge in [-0.3, -0.25) is 0 Å². The number of rotatable bonds is 3. The van der Waals surface area contributed by atoms with E-state index >= 15 is 0 Å². The fraction of sp³-hybridized carbons (Fsp3) is 0.200. The molecule has 1 atom stereocenters. The van der Waals surface area contributed by atoms with Crippen molar-refractivity contribution in [1.82, 2.24) is 0 Å². The zero-order valence-electron chi connectivity index (χ0n) is 10.7. The maximum atomic E-state index is 13.2. The summed E-state index contributed by atoms with van der Waals surface area (Å²) in [5, 5.41) is 4.02. The van der Waals surface area contributed by atoms with Gasteiger partial charge in [0.1, 0.15) is 5.82 Å². The third-order valence-electron chi connectivity index (χ3n) is 2.97. The van der Waals surface area contributed by atoms with E-state index in [2.05, 4.69) is 21.2 Å². The second-order valence-corrected chi connectivity index (χ2v) is 5.82. The van der Waals surface area contributed by atoms with Crippen molar-refractivity contribution in [3.05, 3.63) is 62.8 Å². The summed E-state index contributed by atoms with van der Waals surface area (Å²) in [5.41, 5.74) is 2.51. The lowest BCUT2D eigenvalue weighted by molar-refractivity contribution is 0.618. The van der Waals surface area contributed by atoms with Gasteiger partial charge in [0.2, 0.25) is 0 Å². The van der Waals surface area contributed by atoms with Crippen LogP contribution in [0.25, 0.3) is 0 Å². The predicted molar refractivity (Wildman–Crippen MR) is 82.3 cm³/mol. The Kier molecular flexibility index (Phi) is 4.48. The van der Waals surface area contributed by atoms with Crippen LogP contribution in [0, 0.1) is 12.7 Å². The molecule has 0 bridgehead atoms. The van der Waals surface area contributed by atoms with Crippen LogP contribution in [0.2, 0.25) is 5.02 Å². The van der Waals surface area contributed by atoms with E-state index in [1.165, 1.54) is 6.07 Å². The molecule has 0 aliphatic heterocycles. The Bertz CT molecular complexity index is 601. The minimum atomic E-state index is -0.195. The molecular formula is C15H14BrClFN. The number of halogens is 3. The van der Waals surface area contributed by atoms with Crippen molar-refractivity contribution in [3.63, 3.8) is 0 Å². The molecule has 2 aromatic carbocycles. The lowest BCUT2D eigenvalue weighted by atomic mass is 10.1. The van der Waals surface area contributed by atoms with Crippen molar-refractivity contribution < 1.29 is 4.39 Å². The van der Waals surface area contributed by atoms with Crippen LogP contribution in [-0.2, 0) is 0 Å². The molecule has 0 radical (unpaired) electrons. The molecule has 0 aromatic heterocycles. The molecular weight excluding hydrogens is 329 g/mol. The summed E-state index contributed by atoms with van der Waals surface area (Å²) in [5.74, 6) is -0.195. The zero-order chi connectivity index (χ0) is 14.0. The molecule has 19 heavy (non-hydrogen) atoms. The van der Waals surface area contributed by atoms with E-state index in [4.69, 9.17) is 11.6 Å². The van der Waals surface area contributed by atoms with Crippen LogP contribution in [0.1, 0.15) is 24.1 Å². The highest BCUT2D eigenvalue weighted by atomic mass is 79.9. The highest BCUT2D eigenvalue weighted by Crippen LogP contribution is 2.29. The van der Waals surface area contributed by atoms with E-state index in [1.54, 1.807) is 19.1 Å². The molecule has 2 aromatic rings. The molecule has 100 valence electrons. The van der Waals surface area contributed by atoms with E-state index in [0.717, 1.165) is 15.7 Å². The summed E-state index contributed by atoms with van der Waals surface area (Å²) in [4.78, 5) is 0. The summed E-state index contributed by atoms with van der Waals surface area (Å²) in [7, 11) is 0. The lowest BCUT2D eigenvalue weighted by Gasteiger charge is -2.17. The number of hydrogen-bond donors (Lipinski definition) is 1. The Hall–Kier alpha value is -1.06. The highest BCUT2D eigenvalue weighted by molar-refractivity contribution is 9.10. The van der Waals surface area contributed by atoms with Gasteiger partial charge in [-0.15, -0.1) is 0 Å². The molecule has 1 nitrogen and oxygen atoms in total. The van der Waals surface area contributed by atoms with Crippen molar-refractivity contribution in [2.24, 2.45) is 0 Å². The first-order valence-electron chi connectivity index (χ1n) is 5.95. The number of benzene rings is 2. The molecule has 0 saturated carbocycles. The van der Waals surface area contributed by atoms with E-state index in [9.17, 15) is 4.39 Å². The van der Waals surface area contributed by atoms with Crippen LogP contribution in [0.3, 0.4) is 0 Å². The van der Waals surface area contributed by atoms with E-state index in [-0.39, 0.29) is 11.9 Å². The van der Waals surface area contributed by atoms with Gasteiger partial charge >= 0.3 is 0 Å². The van der Waals surface area contributed by atoms with Crippen LogP contribution < -0.4 is 5.32 Å². The number of hydrogen-bond acceptors (Lipinski definition) is 1. The highest BCUT2D eigenvalue weighted by Gasteiger charge is 2.10. The maximum absolute atomic E-state index is 13.2. The first-order valence-corrected chi connectivity index (χ1v) is 7.12. The summed E-state index contributed by atoms with van der Waals surface area (Å²) in [6.45, 7) is 3.77. The summed E-state index contributed by atoms with van der Waals surface area (Å²) in [6, 6.07) is 10.8. The van der Waals surface area contributed by atoms with Gasteiger partial charge in [0, 0.05) is 21.2 Å². The minimum Gasteiger partial charge on any atom is -0.378 e. The van der Waals surface area contributed by atoms with Gasteiger partial charge in [-0.1, -0.05) is 33.6 Å². The minimum absolute atomic E-state index is 0.0467. The standard InChI is InChI=1S/C15H14BrClFN/c1-9-7-12(4-6-15(9)18)19-10(2)13-5-3-11(16)8-14(13)17/h3-8,10,19H,1-2H3. The molecule has 0 amide bonds. The molecule has 0 heterocycles. The van der Waals surface area contributed by atoms with Crippen molar-refractivity contribution in [1.29, 1.82) is 0 Å². The number of aryl methyl sites for hydroxylation is 1. The summed E-state index contributed by atoms with van der Waals surface area (Å²) in [6.07, 6.45) is 0. The Morgan fingerprint density at radius 1 is 1.21 bits per heavy atom. The molecule has 1 unspecified atom stereocenters. The SMILES string of the molecule is Cc1cc(NC(C)c2ccc(Br)cc2Cl)ccc1F. The zero-order valence-corrected chi connectivity index (χ0v) is 13.0. The van der Waals surface area contributed by atoms with Gasteiger partial charge in [-0.2, -0.15) is 0 Å². The fourth-order valence-electron chi connectivity index (χ4n) is 1.91. The average molecular weight is 343 g/mol. The van der Waals surface area contributed by atoms with E-state index in [0.29, 0.717) is 10.6 Å². The second kappa shape index (κ2) is 5.93. The third kappa shape index (κ3) is 3.48. The van der Waals surface area contributed by atoms with Crippen molar-refractivity contribution in [2.45, 2.75) is 19.9 Å². The Balaban J connectivity index is 2.20. The third-order valence-corrected chi connectivity index (χ3v) is 3.79. The number of nitrogens with one attached hydrogen (secondary N) is 1. The smallest absolute Gasteiger partial charge is 0.126 e. The molecule has 0 fully saturated rings. The van der Waals surface area contributed by atoms with E-state index < -0.39 is 0 Å². The normalized spacial score (nSPS) is 12.3. The molecule has 0 spiro atoms. The fourth-order valence-corrected chi connectivity index (χ4v) is 2.75. The summed E-state index contributed by atoms with van der Waals surface area (Å²) < 4.78 is 14.2.